The van der Waals surface area contributed by atoms with Crippen LogP contribution >= 0.6 is 11.8 Å². The summed E-state index contributed by atoms with van der Waals surface area (Å²) in [5.41, 5.74) is 4.05. The fourth-order valence-corrected chi connectivity index (χ4v) is 4.84. The monoisotopic (exact) mass is 447 g/mol. The Bertz CT molecular complexity index is 1100. The number of allylic oxidation sites excluding steroid dienone is 6. The number of esters is 1. The van der Waals surface area contributed by atoms with Crippen molar-refractivity contribution in [3.05, 3.63) is 83.0 Å². The Hall–Kier alpha value is -2.79. The largest absolute Gasteiger partial charge is 0.460 e. The summed E-state index contributed by atoms with van der Waals surface area (Å²) in [6.07, 6.45) is 15.1. The van der Waals surface area contributed by atoms with Crippen molar-refractivity contribution in [3.63, 3.8) is 0 Å². The molecule has 0 saturated carbocycles. The predicted octanol–water partition coefficient (Wildman–Crippen LogP) is 5.94. The number of benzene rings is 1. The van der Waals surface area contributed by atoms with Crippen LogP contribution in [0.1, 0.15) is 51.2 Å². The van der Waals surface area contributed by atoms with Crippen molar-refractivity contribution >= 4 is 34.2 Å². The number of nitrogens with zero attached hydrogens (tertiary/aromatic N) is 1. The number of anilines is 1. The lowest BCUT2D eigenvalue weighted by atomic mass is 9.97. The van der Waals surface area contributed by atoms with Crippen molar-refractivity contribution in [2.24, 2.45) is 0 Å². The van der Waals surface area contributed by atoms with E-state index in [1.807, 2.05) is 69.0 Å². The molecule has 1 aromatic rings. The van der Waals surface area contributed by atoms with E-state index in [4.69, 9.17) is 4.74 Å². The Balaban J connectivity index is 1.73. The van der Waals surface area contributed by atoms with E-state index in [-0.39, 0.29) is 11.9 Å². The number of hydrogen-bond acceptors (Lipinski definition) is 4. The zero-order valence-corrected chi connectivity index (χ0v) is 19.9. The van der Waals surface area contributed by atoms with Crippen LogP contribution in [0, 0.1) is 0 Å². The summed E-state index contributed by atoms with van der Waals surface area (Å²) < 4.78 is 5.61. The van der Waals surface area contributed by atoms with Crippen molar-refractivity contribution in [1.29, 1.82) is 0 Å². The lowest BCUT2D eigenvalue weighted by Crippen LogP contribution is -2.27. The Kier molecular flexibility index (Phi) is 6.29. The molecule has 3 aliphatic rings. The van der Waals surface area contributed by atoms with Crippen molar-refractivity contribution in [1.82, 2.24) is 0 Å². The fraction of sp³-hybridized carbons (Fsp3) is 0.333. The highest BCUT2D eigenvalue weighted by molar-refractivity contribution is 8.08. The van der Waals surface area contributed by atoms with E-state index in [0.29, 0.717) is 6.54 Å². The molecule has 5 heteroatoms. The van der Waals surface area contributed by atoms with E-state index in [0.717, 1.165) is 45.0 Å². The van der Waals surface area contributed by atoms with Gasteiger partial charge in [0.25, 0.3) is 5.91 Å². The second kappa shape index (κ2) is 8.99. The number of carbonyl (C=O) groups is 2. The first-order valence-corrected chi connectivity index (χ1v) is 12.0. The molecule has 4 nitrogen and oxygen atoms in total. The molecule has 166 valence electrons. The first kappa shape index (κ1) is 22.4. The standard InChI is InChI=1S/C27H29NO3S/c1-18(26(30)31-27(2,3)4)19-13-14-23(22(16-19)24-12-8-9-15-32-24)28-17-20-10-6-5-7-11-21(20)25(28)29/h5,7-14,16,18H,6,15,17H2,1-4H3. The number of carbonyl (C=O) groups excluding carboxylic acids is 2. The first-order valence-electron chi connectivity index (χ1n) is 11.0. The van der Waals surface area contributed by atoms with Crippen LogP contribution in [-0.4, -0.2) is 29.8 Å². The molecule has 1 fully saturated rings. The molecule has 2 heterocycles. The van der Waals surface area contributed by atoms with Gasteiger partial charge in [-0.25, -0.2) is 0 Å². The Morgan fingerprint density at radius 1 is 1.16 bits per heavy atom. The third-order valence-corrected chi connectivity index (χ3v) is 6.63. The Morgan fingerprint density at radius 2 is 1.94 bits per heavy atom. The Morgan fingerprint density at radius 3 is 2.66 bits per heavy atom. The number of amides is 1. The smallest absolute Gasteiger partial charge is 0.313 e. The van der Waals surface area contributed by atoms with Crippen LogP contribution in [0.15, 0.2) is 71.9 Å². The summed E-state index contributed by atoms with van der Waals surface area (Å²) in [7, 11) is 0. The van der Waals surface area contributed by atoms with Gasteiger partial charge < -0.3 is 9.64 Å². The van der Waals surface area contributed by atoms with Gasteiger partial charge in [0.2, 0.25) is 0 Å². The maximum Gasteiger partial charge on any atom is 0.313 e. The van der Waals surface area contributed by atoms with Crippen LogP contribution in [0.4, 0.5) is 5.69 Å². The topological polar surface area (TPSA) is 46.6 Å². The maximum atomic E-state index is 13.3. The van der Waals surface area contributed by atoms with Gasteiger partial charge in [0.1, 0.15) is 5.60 Å². The molecular weight excluding hydrogens is 418 g/mol. The van der Waals surface area contributed by atoms with Crippen molar-refractivity contribution in [2.45, 2.75) is 45.6 Å². The van der Waals surface area contributed by atoms with Crippen LogP contribution in [0.2, 0.25) is 0 Å². The zero-order chi connectivity index (χ0) is 22.9. The number of thioether (sulfide) groups is 1. The summed E-state index contributed by atoms with van der Waals surface area (Å²) >= 11 is 1.74. The molecule has 0 bridgehead atoms. The van der Waals surface area contributed by atoms with Crippen LogP contribution < -0.4 is 4.90 Å². The van der Waals surface area contributed by atoms with E-state index in [1.54, 1.807) is 11.8 Å². The lowest BCUT2D eigenvalue weighted by molar-refractivity contribution is -0.156. The fourth-order valence-electron chi connectivity index (χ4n) is 3.96. The van der Waals surface area contributed by atoms with Gasteiger partial charge in [-0.1, -0.05) is 36.4 Å². The Labute approximate surface area is 194 Å². The van der Waals surface area contributed by atoms with Crippen molar-refractivity contribution in [3.8, 4) is 0 Å². The highest BCUT2D eigenvalue weighted by atomic mass is 32.2. The average Bonchev–Trinajstić information content (AvgIpc) is 2.92. The van der Waals surface area contributed by atoms with Gasteiger partial charge in [-0.2, -0.15) is 0 Å². The van der Waals surface area contributed by atoms with Crippen LogP contribution in [0.25, 0.3) is 4.91 Å². The molecule has 32 heavy (non-hydrogen) atoms. The summed E-state index contributed by atoms with van der Waals surface area (Å²) in [4.78, 5) is 28.9. The second-order valence-electron chi connectivity index (χ2n) is 9.17. The summed E-state index contributed by atoms with van der Waals surface area (Å²) in [5, 5.41) is 0. The zero-order valence-electron chi connectivity index (χ0n) is 19.1. The molecule has 1 saturated heterocycles. The molecule has 1 unspecified atom stereocenters. The number of hydrogen-bond donors (Lipinski definition) is 0. The number of rotatable bonds is 4. The minimum absolute atomic E-state index is 0.0222. The molecule has 2 aliphatic heterocycles. The van der Waals surface area contributed by atoms with E-state index in [1.165, 1.54) is 0 Å². The lowest BCUT2D eigenvalue weighted by Gasteiger charge is -2.25. The van der Waals surface area contributed by atoms with Crippen LogP contribution in [0.5, 0.6) is 0 Å². The van der Waals surface area contributed by atoms with Crippen LogP contribution in [-0.2, 0) is 14.3 Å². The average molecular weight is 448 g/mol. The highest BCUT2D eigenvalue weighted by Gasteiger charge is 2.33. The molecule has 1 aromatic carbocycles. The second-order valence-corrected chi connectivity index (χ2v) is 10.2. The van der Waals surface area contributed by atoms with Gasteiger partial charge in [-0.15, -0.1) is 11.8 Å². The van der Waals surface area contributed by atoms with Crippen LogP contribution in [0.3, 0.4) is 0 Å². The quantitative estimate of drug-likeness (QED) is 0.536. The molecule has 0 N–H and O–H groups in total. The number of ether oxygens (including phenoxy) is 1. The molecule has 0 radical (unpaired) electrons. The molecule has 0 spiro atoms. The third-order valence-electron chi connectivity index (χ3n) is 5.61. The summed E-state index contributed by atoms with van der Waals surface area (Å²) in [5.74, 6) is 0.256. The normalized spacial score (nSPS) is 19.1. The van der Waals surface area contributed by atoms with Gasteiger partial charge in [-0.05, 0) is 69.5 Å². The molecule has 4 rings (SSSR count). The summed E-state index contributed by atoms with van der Waals surface area (Å²) in [6.45, 7) is 8.06. The predicted molar refractivity (Wildman–Crippen MR) is 133 cm³/mol. The third kappa shape index (κ3) is 4.68. The molecule has 1 amide bonds. The van der Waals surface area contributed by atoms with Crippen molar-refractivity contribution in [2.75, 3.05) is 17.2 Å². The van der Waals surface area contributed by atoms with Gasteiger partial charge >= 0.3 is 5.97 Å². The van der Waals surface area contributed by atoms with Gasteiger partial charge in [0.05, 0.1) is 18.2 Å². The van der Waals surface area contributed by atoms with E-state index in [9.17, 15) is 9.59 Å². The van der Waals surface area contributed by atoms with Crippen molar-refractivity contribution < 1.29 is 14.3 Å². The molecule has 0 aromatic heterocycles. The molecule has 1 atom stereocenters. The molecule has 1 aliphatic carbocycles. The van der Waals surface area contributed by atoms with E-state index < -0.39 is 11.5 Å². The minimum atomic E-state index is -0.534. The van der Waals surface area contributed by atoms with E-state index >= 15 is 0 Å². The van der Waals surface area contributed by atoms with Gasteiger partial charge in [0, 0.05) is 21.8 Å². The number of fused-ring (bicyclic) bond motifs is 1. The maximum absolute atomic E-state index is 13.3. The van der Waals surface area contributed by atoms with Gasteiger partial charge in [0.15, 0.2) is 0 Å². The van der Waals surface area contributed by atoms with Gasteiger partial charge in [-0.3, -0.25) is 9.59 Å². The summed E-state index contributed by atoms with van der Waals surface area (Å²) in [6, 6.07) is 5.97. The van der Waals surface area contributed by atoms with E-state index in [2.05, 4.69) is 24.3 Å². The highest BCUT2D eigenvalue weighted by Crippen LogP contribution is 2.41. The minimum Gasteiger partial charge on any atom is -0.460 e. The molecular formula is C27H29NO3S. The first-order chi connectivity index (χ1) is 15.2. The SMILES string of the molecule is CC(C(=O)OC(C)(C)C)c1ccc(N2CC3=CCC=CC=C3C2=O)c(C2=CC=CCS2)c1.